The van der Waals surface area contributed by atoms with E-state index < -0.39 is 38.2 Å². The van der Waals surface area contributed by atoms with Crippen molar-refractivity contribution in [1.29, 1.82) is 5.26 Å². The quantitative estimate of drug-likeness (QED) is 0.0243. The first-order valence-electron chi connectivity index (χ1n) is 25.7. The normalized spacial score (nSPS) is 9.65. The van der Waals surface area contributed by atoms with E-state index in [0.717, 1.165) is 28.6 Å². The Hall–Kier alpha value is -7.98. The number of furan rings is 9. The molecule has 0 bridgehead atoms. The van der Waals surface area contributed by atoms with Gasteiger partial charge in [0.2, 0.25) is 50.1 Å². The Morgan fingerprint density at radius 1 is 0.556 bits per heavy atom. The van der Waals surface area contributed by atoms with E-state index in [4.69, 9.17) is 97.9 Å². The molecule has 0 radical (unpaired) electrons. The number of nitrogens with one attached hydrogen (secondary N) is 1. The van der Waals surface area contributed by atoms with Crippen molar-refractivity contribution in [3.05, 3.63) is 209 Å². The molecule has 108 heavy (non-hydrogen) atoms. The molecule has 56 heteroatoms. The summed E-state index contributed by atoms with van der Waals surface area (Å²) in [4.78, 5) is 127. The number of nitrogens with zero attached hydrogens (tertiary/aromatic N) is 10. The van der Waals surface area contributed by atoms with Crippen LogP contribution in [0.25, 0.3) is 22.2 Å². The number of hydrogen-bond acceptors (Lipinski definition) is 37. The van der Waals surface area contributed by atoms with E-state index in [9.17, 15) is 63.9 Å². The van der Waals surface area contributed by atoms with Gasteiger partial charge >= 0.3 is 29.0 Å². The number of nitrogen functional groups attached to an aromatic ring is 3. The molecule has 12 aromatic heterocycles. The largest absolute Gasteiger partial charge is 0.463 e. The second-order valence-corrected chi connectivity index (χ2v) is 27.1. The van der Waals surface area contributed by atoms with Crippen LogP contribution < -0.4 is 33.2 Å². The standard InChI is InChI=1S/C6H4BrN2O2P.C6H3BrN2O2.C6H4BrNO5.C6H6BrNO3.C5HBr2NO4.C5H2Br2O2.C5H3BrN2O.C5H2BrNO4.C5H4BrNO2.C3Cl3N3.H3NO/c7-3-1-10-5-4(3)8-2-9-6(5)11-12;7-3-1-11-5-4(3)8-2-9-6(5)10;1-12-6(9)5-4(8(10)11)3(7)2-13-5;1-10-6(9)5-4(8)3(7)2-11-5;6-3-4(8(10)11)2(1-9)12-5(3)7;6-4-1-3(2-8)9-5(4)7;6-3-2-9-4(1-7)5(3)8;6-3-2-11-4(1-8)5(3)7(9)10;6-3-2-9-4(1-8)5(3)7;4-1-7-2(5)9-3(6)8-1;1-2/h1-2H,12H2;1-2H,(H,8,9,10);2H,1H3;2H,8H2,1H3;1H;1-2H;2H,8H2;1-2H;1-2H,7H2;;2H,1H2. The number of methoxy groups -OCH3 is 2. The van der Waals surface area contributed by atoms with Crippen molar-refractivity contribution in [2.45, 2.75) is 0 Å². The minimum Gasteiger partial charge on any atom is -0.463 e. The topological polar surface area (TPSA) is 636 Å². The third kappa shape index (κ3) is 28.8. The summed E-state index contributed by atoms with van der Waals surface area (Å²) in [6, 6.07) is 3.39. The number of nitriles is 1. The van der Waals surface area contributed by atoms with Crippen LogP contribution in [0.15, 0.2) is 157 Å². The molecule has 10 N–H and O–H groups in total. The zero-order chi connectivity index (χ0) is 82.0. The SMILES string of the molecule is COC(=O)c1occ(Br)c1N.COC(=O)c1occ(Br)c1[N+](=O)[O-].Clc1nc(Cl)nc(Cl)n1.N#Cc1occ(Br)c1N.NO.Nc1c(Br)coc1C=O.O=Cc1cc(Br)c(Br)o1.O=Cc1oc(Br)c(Br)c1[N+](=O)[O-].O=Cc1occ(Br)c1[N+](=O)[O-].O=c1[nH]cnc2c(Br)coc12.POc1ncnc2c(Br)coc12. The summed E-state index contributed by atoms with van der Waals surface area (Å²) >= 11 is 49.5. The van der Waals surface area contributed by atoms with Crippen LogP contribution in [0, 0.1) is 41.7 Å². The number of esters is 2. The van der Waals surface area contributed by atoms with Gasteiger partial charge in [-0.3, -0.25) is 54.3 Å². The lowest BCUT2D eigenvalue weighted by Crippen LogP contribution is -2.03. The maximum atomic E-state index is 11.0. The Bertz CT molecular complexity index is 5140. The molecule has 1 unspecified atom stereocenters. The van der Waals surface area contributed by atoms with E-state index >= 15 is 0 Å². The number of aromatic nitrogens is 7. The Balaban J connectivity index is 0.000000407. The van der Waals surface area contributed by atoms with Crippen LogP contribution in [0.3, 0.4) is 0 Å². The first kappa shape index (κ1) is 96.1. The minimum atomic E-state index is -0.877. The number of carbonyl (C=O) groups excluding carboxylic acids is 6. The number of anilines is 3. The average molecular weight is 2300 g/mol. The van der Waals surface area contributed by atoms with Crippen molar-refractivity contribution in [1.82, 2.24) is 34.9 Å². The van der Waals surface area contributed by atoms with Gasteiger partial charge in [-0.1, -0.05) is 0 Å². The van der Waals surface area contributed by atoms with Crippen LogP contribution >= 0.6 is 219 Å². The number of fused-ring (bicyclic) bond motifs is 2. The van der Waals surface area contributed by atoms with E-state index in [-0.39, 0.29) is 97.2 Å². The highest BCUT2D eigenvalue weighted by Crippen LogP contribution is 2.38. The molecule has 0 amide bonds. The number of aldehydes is 4. The third-order valence-corrected chi connectivity index (χ3v) is 18.8. The summed E-state index contributed by atoms with van der Waals surface area (Å²) < 4.78 is 61.8. The predicted octanol–water partition coefficient (Wildman–Crippen LogP) is 17.6. The maximum absolute atomic E-state index is 11.0. The number of ether oxygens (including phenoxy) is 2. The fourth-order valence-electron chi connectivity index (χ4n) is 5.91. The van der Waals surface area contributed by atoms with Crippen molar-refractivity contribution in [3.8, 4) is 11.9 Å². The Morgan fingerprint density at radius 2 is 1.00 bits per heavy atom. The smallest absolute Gasteiger partial charge is 0.381 e. The van der Waals surface area contributed by atoms with Crippen LogP contribution in [-0.2, 0) is 9.47 Å². The van der Waals surface area contributed by atoms with Gasteiger partial charge in [0.05, 0.1) is 77.3 Å². The predicted molar refractivity (Wildman–Crippen MR) is 415 cm³/mol. The summed E-state index contributed by atoms with van der Waals surface area (Å²) in [5, 5.41) is 45.8. The number of rotatable bonds is 10. The van der Waals surface area contributed by atoms with Crippen LogP contribution in [0.5, 0.6) is 5.88 Å². The maximum Gasteiger partial charge on any atom is 0.381 e. The van der Waals surface area contributed by atoms with Gasteiger partial charge in [0.15, 0.2) is 46.0 Å². The van der Waals surface area contributed by atoms with Crippen LogP contribution in [0.2, 0.25) is 15.9 Å². The molecule has 41 nitrogen and oxygen atoms in total. The molecule has 1 atom stereocenters. The van der Waals surface area contributed by atoms with Gasteiger partial charge in [-0.15, -0.1) is 0 Å². The number of nitro groups is 3. The zero-order valence-corrected chi connectivity index (χ0v) is 72.8. The lowest BCUT2D eigenvalue weighted by molar-refractivity contribution is -0.386. The zero-order valence-electron chi connectivity index (χ0n) is 51.9. The molecule has 0 aromatic carbocycles. The molecule has 0 saturated heterocycles. The van der Waals surface area contributed by atoms with Crippen LogP contribution in [0.4, 0.5) is 34.1 Å². The summed E-state index contributed by atoms with van der Waals surface area (Å²) in [6.07, 6.45) is 13.8. The number of carbonyl (C=O) groups is 6. The molecule has 0 fully saturated rings. The molecule has 0 saturated carbocycles. The van der Waals surface area contributed by atoms with E-state index in [2.05, 4.69) is 244 Å². The summed E-state index contributed by atoms with van der Waals surface area (Å²) in [6.45, 7) is 0. The second-order valence-electron chi connectivity index (χ2n) is 16.8. The number of hydrogen-bond donors (Lipinski definition) is 6. The third-order valence-electron chi connectivity index (χ3n) is 10.4. The highest BCUT2D eigenvalue weighted by Gasteiger charge is 2.30. The van der Waals surface area contributed by atoms with E-state index in [1.54, 1.807) is 18.4 Å². The van der Waals surface area contributed by atoms with E-state index in [0.29, 0.717) is 81.1 Å². The van der Waals surface area contributed by atoms with Crippen molar-refractivity contribution in [3.63, 3.8) is 0 Å². The molecule has 574 valence electrons. The number of halogens is 14. The fraction of sp³-hybridized carbons (Fsp3) is 0.0385. The monoisotopic (exact) mass is 2290 g/mol. The van der Waals surface area contributed by atoms with E-state index in [1.165, 1.54) is 44.8 Å². The summed E-state index contributed by atoms with van der Waals surface area (Å²) in [5.74, 6) is 2.12. The van der Waals surface area contributed by atoms with Gasteiger partial charge in [0.1, 0.15) is 92.1 Å². The molecular weight excluding hydrogens is 2270 g/mol. The van der Waals surface area contributed by atoms with Gasteiger partial charge < -0.3 is 81.1 Å². The van der Waals surface area contributed by atoms with Gasteiger partial charge in [-0.2, -0.15) is 25.2 Å². The minimum absolute atomic E-state index is 0.000000000000000444. The lowest BCUT2D eigenvalue weighted by atomic mass is 10.4. The molecule has 12 aromatic rings. The number of H-pyrrole nitrogens is 1. The van der Waals surface area contributed by atoms with Crippen molar-refractivity contribution < 1.29 is 102 Å². The number of aromatic amines is 1. The molecule has 0 aliphatic heterocycles. The van der Waals surface area contributed by atoms with Crippen molar-refractivity contribution >= 4 is 313 Å². The Labute approximate surface area is 706 Å². The lowest BCUT2D eigenvalue weighted by Gasteiger charge is -1.95. The summed E-state index contributed by atoms with van der Waals surface area (Å²) in [5.41, 5.74) is 17.8. The van der Waals surface area contributed by atoms with Gasteiger partial charge in [-0.25, -0.2) is 25.5 Å². The molecule has 0 aliphatic carbocycles. The Morgan fingerprint density at radius 3 is 1.38 bits per heavy atom. The first-order valence-corrected chi connectivity index (χ1v) is 36.0. The van der Waals surface area contributed by atoms with E-state index in [1.807, 2.05) is 0 Å². The van der Waals surface area contributed by atoms with Gasteiger partial charge in [0.25, 0.3) is 17.2 Å². The van der Waals surface area contributed by atoms with Crippen molar-refractivity contribution in [2.75, 3.05) is 31.4 Å². The first-order chi connectivity index (χ1) is 51.0. The molecular formula is C52H32Br11Cl3N15O26P. The highest BCUT2D eigenvalue weighted by molar-refractivity contribution is 9.13. The number of nitrogens with two attached hydrogens (primary N) is 4. The summed E-state index contributed by atoms with van der Waals surface area (Å²) in [7, 11) is 4.49. The Kier molecular flexibility index (Phi) is 43.2. The van der Waals surface area contributed by atoms with Gasteiger partial charge in [-0.05, 0) is 210 Å². The fourth-order valence-corrected chi connectivity index (χ4v) is 10.5. The van der Waals surface area contributed by atoms with Crippen LogP contribution in [0.1, 0.15) is 69.1 Å². The molecule has 0 spiro atoms. The highest BCUT2D eigenvalue weighted by atomic mass is 79.9. The van der Waals surface area contributed by atoms with Gasteiger partial charge in [0, 0.05) is 6.07 Å². The molecule has 12 heterocycles. The molecule has 12 rings (SSSR count). The second kappa shape index (κ2) is 48.5. The van der Waals surface area contributed by atoms with Crippen molar-refractivity contribution in [2.24, 2.45) is 5.90 Å². The van der Waals surface area contributed by atoms with Crippen LogP contribution in [-0.4, -0.2) is 106 Å². The average Bonchev–Trinajstić information content (AvgIpc) is 1.72. The molecule has 0 aliphatic rings.